The van der Waals surface area contributed by atoms with Crippen molar-refractivity contribution in [2.24, 2.45) is 17.3 Å². The van der Waals surface area contributed by atoms with Crippen LogP contribution in [0.2, 0.25) is 0 Å². The molecule has 0 bridgehead atoms. The van der Waals surface area contributed by atoms with E-state index in [1.165, 1.54) is 24.8 Å². The molecule has 1 aliphatic carbocycles. The number of rotatable bonds is 10. The Morgan fingerprint density at radius 3 is 2.31 bits per heavy atom. The normalized spacial score (nSPS) is 22.7. The van der Waals surface area contributed by atoms with Gasteiger partial charge < -0.3 is 14.7 Å². The van der Waals surface area contributed by atoms with Gasteiger partial charge in [0.1, 0.15) is 17.1 Å². The smallest absolute Gasteiger partial charge is 0.339 e. The van der Waals surface area contributed by atoms with Crippen molar-refractivity contribution in [2.45, 2.75) is 78.3 Å². The van der Waals surface area contributed by atoms with E-state index < -0.39 is 5.97 Å². The largest absolute Gasteiger partial charge is 0.478 e. The number of anilines is 1. The minimum Gasteiger partial charge on any atom is -0.478 e. The van der Waals surface area contributed by atoms with Crippen molar-refractivity contribution in [3.05, 3.63) is 90.0 Å². The van der Waals surface area contributed by atoms with Gasteiger partial charge in [-0.1, -0.05) is 76.2 Å². The fraction of sp³-hybridized carbons (Fsp3) is 0.486. The maximum absolute atomic E-state index is 11.9. The topological polar surface area (TPSA) is 53.0 Å². The van der Waals surface area contributed by atoms with Crippen LogP contribution in [0.1, 0.15) is 75.7 Å². The maximum atomic E-state index is 11.9. The van der Waals surface area contributed by atoms with E-state index in [1.807, 2.05) is 42.5 Å². The lowest BCUT2D eigenvalue weighted by molar-refractivity contribution is -0.00621. The van der Waals surface area contributed by atoms with Crippen LogP contribution in [0, 0.1) is 17.3 Å². The predicted molar refractivity (Wildman–Crippen MR) is 172 cm³/mol. The molecule has 5 nitrogen and oxygen atoms in total. The average Bonchev–Trinajstić information content (AvgIpc) is 2.98. The molecule has 0 spiro atoms. The fourth-order valence-electron chi connectivity index (χ4n) is 7.31. The highest BCUT2D eigenvalue weighted by Gasteiger charge is 2.42. The summed E-state index contributed by atoms with van der Waals surface area (Å²) in [6.45, 7) is 12.9. The lowest BCUT2D eigenvalue weighted by Gasteiger charge is -2.51. The van der Waals surface area contributed by atoms with Crippen LogP contribution in [-0.2, 0) is 6.42 Å². The summed E-state index contributed by atoms with van der Waals surface area (Å²) in [6.07, 6.45) is 7.09. The van der Waals surface area contributed by atoms with Crippen LogP contribution >= 0.6 is 0 Å². The number of aryl methyl sites for hydroxylation is 1. The van der Waals surface area contributed by atoms with E-state index in [1.54, 1.807) is 6.07 Å². The Kier molecular flexibility index (Phi) is 9.57. The maximum Gasteiger partial charge on any atom is 0.339 e. The van der Waals surface area contributed by atoms with E-state index in [0.29, 0.717) is 40.8 Å². The Bertz CT molecular complexity index is 1300. The number of piperidine rings is 1. The van der Waals surface area contributed by atoms with Crippen LogP contribution in [0.25, 0.3) is 0 Å². The summed E-state index contributed by atoms with van der Waals surface area (Å²) in [4.78, 5) is 17.2. The second-order valence-corrected chi connectivity index (χ2v) is 13.3. The van der Waals surface area contributed by atoms with Crippen LogP contribution < -0.4 is 9.64 Å². The van der Waals surface area contributed by atoms with Crippen LogP contribution in [0.5, 0.6) is 11.5 Å². The molecule has 3 atom stereocenters. The molecule has 0 aromatic heterocycles. The van der Waals surface area contributed by atoms with Gasteiger partial charge in [0.05, 0.1) is 0 Å². The molecular weight excluding hydrogens is 520 g/mol. The van der Waals surface area contributed by atoms with Crippen LogP contribution in [0.15, 0.2) is 78.9 Å². The SMILES string of the molecule is CC1C[C@@H](N(CCCc2ccccc2)C2CCN(c3ccc(C(=O)O)c(Oc4ccccc4)c3)CC2)[C@H](C)CC1(C)C. The van der Waals surface area contributed by atoms with Gasteiger partial charge in [0.2, 0.25) is 0 Å². The van der Waals surface area contributed by atoms with Gasteiger partial charge in [0, 0.05) is 36.9 Å². The number of aromatic carboxylic acids is 1. The minimum atomic E-state index is -0.976. The Labute approximate surface area is 252 Å². The molecule has 0 radical (unpaired) electrons. The third kappa shape index (κ3) is 7.18. The molecule has 1 N–H and O–H groups in total. The number of nitrogens with zero attached hydrogens (tertiary/aromatic N) is 2. The fourth-order valence-corrected chi connectivity index (χ4v) is 7.31. The number of carboxylic acids is 1. The summed E-state index contributed by atoms with van der Waals surface area (Å²) in [7, 11) is 0. The van der Waals surface area contributed by atoms with Gasteiger partial charge >= 0.3 is 5.97 Å². The number of carboxylic acid groups (broad SMARTS) is 1. The monoisotopic (exact) mass is 568 g/mol. The third-order valence-corrected chi connectivity index (χ3v) is 10.0. The van der Waals surface area contributed by atoms with E-state index in [0.717, 1.165) is 44.6 Å². The van der Waals surface area contributed by atoms with Gasteiger partial charge in [-0.3, -0.25) is 4.90 Å². The molecular formula is C37H48N2O3. The zero-order valence-electron chi connectivity index (χ0n) is 25.8. The first-order valence-electron chi connectivity index (χ1n) is 15.9. The third-order valence-electron chi connectivity index (χ3n) is 10.0. The van der Waals surface area contributed by atoms with Crippen molar-refractivity contribution in [1.29, 1.82) is 0 Å². The summed E-state index contributed by atoms with van der Waals surface area (Å²) < 4.78 is 6.04. The summed E-state index contributed by atoms with van der Waals surface area (Å²) >= 11 is 0. The van der Waals surface area contributed by atoms with Crippen molar-refractivity contribution in [2.75, 3.05) is 24.5 Å². The predicted octanol–water partition coefficient (Wildman–Crippen LogP) is 8.54. The van der Waals surface area contributed by atoms with Crippen LogP contribution in [0.3, 0.4) is 0 Å². The average molecular weight is 569 g/mol. The molecule has 2 aliphatic rings. The van der Waals surface area contributed by atoms with Crippen molar-refractivity contribution in [1.82, 2.24) is 4.90 Å². The Morgan fingerprint density at radius 1 is 0.976 bits per heavy atom. The van der Waals surface area contributed by atoms with Crippen molar-refractivity contribution in [3.8, 4) is 11.5 Å². The highest BCUT2D eigenvalue weighted by molar-refractivity contribution is 5.91. The summed E-state index contributed by atoms with van der Waals surface area (Å²) in [5.74, 6) is 1.46. The van der Waals surface area contributed by atoms with Gasteiger partial charge in [-0.15, -0.1) is 0 Å². The van der Waals surface area contributed by atoms with E-state index >= 15 is 0 Å². The van der Waals surface area contributed by atoms with Gasteiger partial charge in [-0.2, -0.15) is 0 Å². The number of para-hydroxylation sites is 1. The van der Waals surface area contributed by atoms with E-state index in [-0.39, 0.29) is 5.56 Å². The molecule has 2 fully saturated rings. The zero-order chi connectivity index (χ0) is 29.7. The molecule has 5 rings (SSSR count). The molecule has 1 saturated carbocycles. The van der Waals surface area contributed by atoms with Gasteiger partial charge in [0.15, 0.2) is 0 Å². The zero-order valence-corrected chi connectivity index (χ0v) is 25.8. The Balaban J connectivity index is 1.29. The van der Waals surface area contributed by atoms with Crippen LogP contribution in [0.4, 0.5) is 5.69 Å². The van der Waals surface area contributed by atoms with Crippen molar-refractivity contribution in [3.63, 3.8) is 0 Å². The number of carbonyl (C=O) groups is 1. The quantitative estimate of drug-likeness (QED) is 0.266. The standard InChI is InChI=1S/C37H48N2O3/c1-27-26-37(3,4)28(2)24-34(27)39(21-11-14-29-12-7-5-8-13-29)30-19-22-38(23-20-30)31-17-18-33(36(40)41)35(25-31)42-32-15-9-6-10-16-32/h5-10,12-13,15-18,25,27-28,30,34H,11,14,19-24,26H2,1-4H3,(H,40,41)/t27-,28?,34-/m1/s1. The first kappa shape index (κ1) is 30.2. The molecule has 1 unspecified atom stereocenters. The molecule has 42 heavy (non-hydrogen) atoms. The number of hydrogen-bond donors (Lipinski definition) is 1. The molecule has 3 aromatic rings. The lowest BCUT2D eigenvalue weighted by Crippen LogP contribution is -2.54. The van der Waals surface area contributed by atoms with E-state index in [9.17, 15) is 9.90 Å². The van der Waals surface area contributed by atoms with Crippen molar-refractivity contribution >= 4 is 11.7 Å². The number of benzene rings is 3. The molecule has 224 valence electrons. The first-order chi connectivity index (χ1) is 20.2. The highest BCUT2D eigenvalue weighted by atomic mass is 16.5. The molecule has 0 amide bonds. The van der Waals surface area contributed by atoms with Crippen molar-refractivity contribution < 1.29 is 14.6 Å². The highest BCUT2D eigenvalue weighted by Crippen LogP contribution is 2.45. The summed E-state index contributed by atoms with van der Waals surface area (Å²) in [6, 6.07) is 27.0. The number of hydrogen-bond acceptors (Lipinski definition) is 4. The molecule has 5 heteroatoms. The summed E-state index contributed by atoms with van der Waals surface area (Å²) in [5.41, 5.74) is 3.04. The molecule has 1 heterocycles. The van der Waals surface area contributed by atoms with Crippen LogP contribution in [-0.4, -0.2) is 47.7 Å². The Hall–Kier alpha value is -3.31. The number of ether oxygens (including phenoxy) is 1. The molecule has 1 aliphatic heterocycles. The van der Waals surface area contributed by atoms with Gasteiger partial charge in [-0.05, 0) is 92.1 Å². The summed E-state index contributed by atoms with van der Waals surface area (Å²) in [5, 5.41) is 9.78. The van der Waals surface area contributed by atoms with E-state index in [2.05, 4.69) is 67.8 Å². The Morgan fingerprint density at radius 2 is 1.64 bits per heavy atom. The second-order valence-electron chi connectivity index (χ2n) is 13.3. The molecule has 1 saturated heterocycles. The minimum absolute atomic E-state index is 0.186. The van der Waals surface area contributed by atoms with E-state index in [4.69, 9.17) is 4.74 Å². The van der Waals surface area contributed by atoms with Gasteiger partial charge in [0.25, 0.3) is 0 Å². The molecule has 3 aromatic carbocycles. The first-order valence-corrected chi connectivity index (χ1v) is 15.9. The second kappa shape index (κ2) is 13.3. The lowest BCUT2D eigenvalue weighted by atomic mass is 9.64. The van der Waals surface area contributed by atoms with Gasteiger partial charge in [-0.25, -0.2) is 4.79 Å².